The van der Waals surface area contributed by atoms with E-state index in [1.54, 1.807) is 0 Å². The number of hydrogen-bond acceptors (Lipinski definition) is 30. The van der Waals surface area contributed by atoms with Gasteiger partial charge in [0.1, 0.15) is 116 Å². The lowest BCUT2D eigenvalue weighted by atomic mass is 9.88. The van der Waals surface area contributed by atoms with Gasteiger partial charge in [0.25, 0.3) is 5.79 Å². The van der Waals surface area contributed by atoms with Crippen molar-refractivity contribution in [2.45, 2.75) is 193 Å². The standard InChI is InChI=1S/C41H68N4O32S/c1-11(49)42-21-15(53)5-41(40(63)64,77-34(21)25(55)16(54)6-46)68-9-19-28(58)33(24(36(62)70-19)45-14(4)52)75-38-23(44-13(3)51)30(60)32(18(8-48)72-38)74-39-31(61)35(27(57)17(7-47)71-39)76-37-22(43-12(2)50)29(59)26(56)20(73-37)10-69-78(65,66)67/h15-39,46-48,53-62H,5-10H2,1-4H3,(H,42,49)(H,43,50)(H,44,51)(H,45,52)(H,63,64)(H,65,66,67)/t15-,16+,17+,18+,19+,20+,21+,22+,23+,24+,25+,26+,27-,28-,29+,30+,31+,32+,33+,34+,35-,36?,37-,38-,39-,41+/m0/s1. The summed E-state index contributed by atoms with van der Waals surface area (Å²) in [5.74, 6) is -8.42. The monoisotopic (exact) mass is 1160 g/mol. The minimum atomic E-state index is -5.16. The zero-order valence-corrected chi connectivity index (χ0v) is 42.5. The minimum Gasteiger partial charge on any atom is -0.477 e. The molecule has 36 nitrogen and oxygen atoms in total. The number of aliphatic carboxylic acids is 1. The number of amides is 4. The van der Waals surface area contributed by atoms with Crippen LogP contribution in [0.15, 0.2) is 0 Å². The van der Waals surface area contributed by atoms with Crippen molar-refractivity contribution in [3.05, 3.63) is 0 Å². The largest absolute Gasteiger partial charge is 0.477 e. The second kappa shape index (κ2) is 27.4. The lowest BCUT2D eigenvalue weighted by Crippen LogP contribution is -2.71. The smallest absolute Gasteiger partial charge is 0.397 e. The van der Waals surface area contributed by atoms with Crippen molar-refractivity contribution >= 4 is 40.0 Å². The van der Waals surface area contributed by atoms with Crippen LogP contribution < -0.4 is 21.3 Å². The second-order valence-corrected chi connectivity index (χ2v) is 20.0. The van der Waals surface area contributed by atoms with E-state index < -0.39 is 238 Å². The van der Waals surface area contributed by atoms with Gasteiger partial charge in [-0.15, -0.1) is 0 Å². The number of ether oxygens (including phenoxy) is 9. The van der Waals surface area contributed by atoms with Crippen LogP contribution in [-0.2, 0) is 81.2 Å². The Bertz CT molecular complexity index is 2160. The molecule has 0 radical (unpaired) electrons. The van der Waals surface area contributed by atoms with Crippen molar-refractivity contribution in [3.63, 3.8) is 0 Å². The second-order valence-electron chi connectivity index (χ2n) is 18.9. The third-order valence-electron chi connectivity index (χ3n) is 13.1. The molecule has 26 atom stereocenters. The Balaban J connectivity index is 1.41. The van der Waals surface area contributed by atoms with Gasteiger partial charge in [0.2, 0.25) is 23.6 Å². The molecule has 37 heteroatoms. The highest BCUT2D eigenvalue weighted by Crippen LogP contribution is 2.37. The molecule has 78 heavy (non-hydrogen) atoms. The summed E-state index contributed by atoms with van der Waals surface area (Å²) in [5, 5.41) is 161. The van der Waals surface area contributed by atoms with Crippen LogP contribution in [0.25, 0.3) is 0 Å². The van der Waals surface area contributed by atoms with E-state index in [4.69, 9.17) is 47.2 Å². The Morgan fingerprint density at radius 3 is 1.58 bits per heavy atom. The van der Waals surface area contributed by atoms with Gasteiger partial charge in [-0.2, -0.15) is 8.42 Å². The van der Waals surface area contributed by atoms with Crippen LogP contribution >= 0.6 is 0 Å². The van der Waals surface area contributed by atoms with Crippen molar-refractivity contribution in [2.75, 3.05) is 33.0 Å². The van der Waals surface area contributed by atoms with Crippen LogP contribution in [0.5, 0.6) is 0 Å². The van der Waals surface area contributed by atoms with Gasteiger partial charge in [0, 0.05) is 34.1 Å². The maximum Gasteiger partial charge on any atom is 0.397 e. The summed E-state index contributed by atoms with van der Waals surface area (Å²) >= 11 is 0. The number of carboxylic acids is 1. The molecule has 5 rings (SSSR count). The number of hydrogen-bond donors (Lipinski definition) is 19. The summed E-state index contributed by atoms with van der Waals surface area (Å²) in [4.78, 5) is 62.1. The molecule has 0 aromatic rings. The van der Waals surface area contributed by atoms with Gasteiger partial charge >= 0.3 is 16.4 Å². The Hall–Kier alpha value is -3.66. The molecule has 4 amide bonds. The summed E-state index contributed by atoms with van der Waals surface area (Å²) in [5.41, 5.74) is 0. The van der Waals surface area contributed by atoms with Crippen LogP contribution in [0.2, 0.25) is 0 Å². The molecule has 0 aromatic carbocycles. The van der Waals surface area contributed by atoms with Crippen LogP contribution in [0.1, 0.15) is 34.1 Å². The minimum absolute atomic E-state index is 0.796. The zero-order chi connectivity index (χ0) is 58.5. The fourth-order valence-corrected chi connectivity index (χ4v) is 9.68. The van der Waals surface area contributed by atoms with E-state index >= 15 is 0 Å². The number of aliphatic hydroxyl groups is 13. The van der Waals surface area contributed by atoms with E-state index in [0.717, 1.165) is 27.7 Å². The fourth-order valence-electron chi connectivity index (χ4n) is 9.37. The highest BCUT2D eigenvalue weighted by molar-refractivity contribution is 7.80. The van der Waals surface area contributed by atoms with Gasteiger partial charge < -0.3 is 135 Å². The number of carboxylic acid groups (broad SMARTS) is 1. The van der Waals surface area contributed by atoms with Gasteiger partial charge in [0.05, 0.1) is 45.2 Å². The van der Waals surface area contributed by atoms with E-state index in [0.29, 0.717) is 0 Å². The molecule has 1 unspecified atom stereocenters. The van der Waals surface area contributed by atoms with Crippen molar-refractivity contribution in [2.24, 2.45) is 0 Å². The zero-order valence-electron chi connectivity index (χ0n) is 41.7. The first-order chi connectivity index (χ1) is 36.4. The molecule has 5 aliphatic heterocycles. The van der Waals surface area contributed by atoms with Crippen LogP contribution in [0, 0.1) is 0 Å². The van der Waals surface area contributed by atoms with Crippen LogP contribution in [0.4, 0.5) is 0 Å². The average molecular weight is 1160 g/mol. The molecule has 19 N–H and O–H groups in total. The van der Waals surface area contributed by atoms with E-state index in [2.05, 4.69) is 25.5 Å². The molecular formula is C41H68N4O32S. The summed E-state index contributed by atoms with van der Waals surface area (Å²) in [6, 6.07) is -7.04. The maximum atomic E-state index is 12.8. The molecule has 0 bridgehead atoms. The number of aliphatic hydroxyl groups excluding tert-OH is 13. The lowest BCUT2D eigenvalue weighted by Gasteiger charge is -2.50. The SMILES string of the molecule is CC(=O)N[C@H]1[C@H](O[C@H]2[C@@H](O)[C@@H](CO[C@]3(C(=O)O)C[C@H](O)[C@@H](NC(C)=O)[C@H]([C@H](O)[C@H](O)CO)O3)OC(O)[C@@H]2NC(C)=O)O[C@H](CO)[C@@H](O[C@@H]2O[C@H](CO)[C@H](O)[C@H](O[C@@H]3O[C@H](COS(=O)(=O)O)[C@@H](O)[C@H](O)[C@H]3NC(C)=O)[C@H]2O)[C@@H]1O. The van der Waals surface area contributed by atoms with Crippen LogP contribution in [-0.4, -0.2) is 306 Å². The Kier molecular flexibility index (Phi) is 22.9. The molecule has 5 aliphatic rings. The Morgan fingerprint density at radius 1 is 0.577 bits per heavy atom. The first-order valence-corrected chi connectivity index (χ1v) is 25.2. The van der Waals surface area contributed by atoms with Crippen molar-refractivity contribution in [1.29, 1.82) is 0 Å². The molecule has 5 heterocycles. The van der Waals surface area contributed by atoms with Gasteiger partial charge in [-0.1, -0.05) is 0 Å². The predicted octanol–water partition coefficient (Wildman–Crippen LogP) is -12.3. The highest BCUT2D eigenvalue weighted by atomic mass is 32.3. The van der Waals surface area contributed by atoms with Crippen molar-refractivity contribution in [3.8, 4) is 0 Å². The van der Waals surface area contributed by atoms with Crippen LogP contribution in [0.3, 0.4) is 0 Å². The first kappa shape index (κ1) is 65.2. The molecule has 5 saturated heterocycles. The quantitative estimate of drug-likeness (QED) is 0.0448. The van der Waals surface area contributed by atoms with Gasteiger partial charge in [-0.3, -0.25) is 23.7 Å². The van der Waals surface area contributed by atoms with Gasteiger partial charge in [-0.25, -0.2) is 8.98 Å². The van der Waals surface area contributed by atoms with Gasteiger partial charge in [0.15, 0.2) is 25.2 Å². The number of carbonyl (C=O) groups is 5. The molecule has 0 saturated carbocycles. The maximum absolute atomic E-state index is 12.8. The Labute approximate surface area is 441 Å². The predicted molar refractivity (Wildman–Crippen MR) is 241 cm³/mol. The van der Waals surface area contributed by atoms with Gasteiger partial charge in [-0.05, 0) is 0 Å². The summed E-state index contributed by atoms with van der Waals surface area (Å²) < 4.78 is 87.4. The molecule has 0 aliphatic carbocycles. The summed E-state index contributed by atoms with van der Waals surface area (Å²) in [7, 11) is -5.16. The number of carbonyl (C=O) groups excluding carboxylic acids is 4. The lowest BCUT2D eigenvalue weighted by molar-refractivity contribution is -0.374. The molecule has 0 spiro atoms. The molecule has 450 valence electrons. The van der Waals surface area contributed by atoms with E-state index in [1.165, 1.54) is 0 Å². The summed E-state index contributed by atoms with van der Waals surface area (Å²) in [6.07, 6.45) is -43.7. The Morgan fingerprint density at radius 2 is 1.05 bits per heavy atom. The first-order valence-electron chi connectivity index (χ1n) is 23.9. The normalized spacial score (nSPS) is 42.2. The average Bonchev–Trinajstić information content (AvgIpc) is 3.35. The van der Waals surface area contributed by atoms with E-state index in [1.807, 2.05) is 0 Å². The van der Waals surface area contributed by atoms with E-state index in [9.17, 15) is 104 Å². The third-order valence-corrected chi connectivity index (χ3v) is 13.5. The van der Waals surface area contributed by atoms with Crippen molar-refractivity contribution in [1.82, 2.24) is 21.3 Å². The number of nitrogens with one attached hydrogen (secondary N) is 4. The highest BCUT2D eigenvalue weighted by Gasteiger charge is 2.59. The topological polar surface area (TPSA) is 563 Å². The molecule has 5 fully saturated rings. The van der Waals surface area contributed by atoms with Crippen molar-refractivity contribution < 1.29 is 155 Å². The summed E-state index contributed by atoms with van der Waals surface area (Å²) in [6.45, 7) is -1.68. The molecular weight excluding hydrogens is 1090 g/mol. The third kappa shape index (κ3) is 15.5. The van der Waals surface area contributed by atoms with E-state index in [-0.39, 0.29) is 0 Å². The number of rotatable bonds is 22. The molecule has 0 aromatic heterocycles. The fraction of sp³-hybridized carbons (Fsp3) is 0.878.